The molecule has 0 aliphatic carbocycles. The summed E-state index contributed by atoms with van der Waals surface area (Å²) in [6.45, 7) is 2.58. The van der Waals surface area contributed by atoms with E-state index < -0.39 is 11.5 Å². The fourth-order valence-electron chi connectivity index (χ4n) is 4.10. The lowest BCUT2D eigenvalue weighted by atomic mass is 9.66. The van der Waals surface area contributed by atoms with Crippen molar-refractivity contribution in [2.45, 2.75) is 24.9 Å². The van der Waals surface area contributed by atoms with Crippen LogP contribution in [0, 0.1) is 0 Å². The highest BCUT2D eigenvalue weighted by Crippen LogP contribution is 2.42. The molecule has 1 N–H and O–H groups in total. The molecule has 2 nitrogen and oxygen atoms in total. The van der Waals surface area contributed by atoms with Gasteiger partial charge < -0.3 is 5.11 Å². The lowest BCUT2D eigenvalue weighted by molar-refractivity contribution is 0.101. The van der Waals surface area contributed by atoms with E-state index in [0.29, 0.717) is 13.0 Å². The van der Waals surface area contributed by atoms with Gasteiger partial charge in [0.05, 0.1) is 23.8 Å². The third kappa shape index (κ3) is 2.58. The second-order valence-electron chi connectivity index (χ2n) is 6.84. The highest BCUT2D eigenvalue weighted by atomic mass is 16.3. The van der Waals surface area contributed by atoms with Gasteiger partial charge in [-0.2, -0.15) is 0 Å². The summed E-state index contributed by atoms with van der Waals surface area (Å²) in [4.78, 5) is 5.00. The molecule has 0 aromatic heterocycles. The smallest absolute Gasteiger partial charge is 0.0722 e. The van der Waals surface area contributed by atoms with E-state index in [4.69, 9.17) is 4.99 Å². The van der Waals surface area contributed by atoms with Crippen molar-refractivity contribution in [3.63, 3.8) is 0 Å². The molecule has 0 fully saturated rings. The minimum atomic E-state index is -0.509. The number of hydrogen-bond acceptors (Lipinski definition) is 2. The zero-order valence-corrected chi connectivity index (χ0v) is 15.0. The van der Waals surface area contributed by atoms with Gasteiger partial charge in [-0.15, -0.1) is 0 Å². The Labute approximate surface area is 154 Å². The van der Waals surface area contributed by atoms with E-state index in [1.54, 1.807) is 0 Å². The number of aliphatic hydroxyl groups excluding tert-OH is 1. The van der Waals surface area contributed by atoms with Gasteiger partial charge in [-0.05, 0) is 17.5 Å². The topological polar surface area (TPSA) is 32.6 Å². The van der Waals surface area contributed by atoms with Crippen LogP contribution < -0.4 is 0 Å². The van der Waals surface area contributed by atoms with Gasteiger partial charge in [0.1, 0.15) is 0 Å². The number of fused-ring (bicyclic) bond motifs is 1. The average Bonchev–Trinajstić information content (AvgIpc) is 2.73. The standard InChI is InChI=1S/C24H23NO/c1-2-22(26)24(19-13-7-4-8-14-19)17-25-23(18-11-5-3-6-12-18)20-15-9-10-16-21(20)24/h3-16,22,26H,2,17H2,1H3. The average molecular weight is 341 g/mol. The Morgan fingerprint density at radius 2 is 1.50 bits per heavy atom. The Balaban J connectivity index is 1.96. The first-order valence-corrected chi connectivity index (χ1v) is 9.20. The van der Waals surface area contributed by atoms with Crippen LogP contribution in [-0.2, 0) is 5.41 Å². The third-order valence-corrected chi connectivity index (χ3v) is 5.44. The van der Waals surface area contributed by atoms with E-state index in [2.05, 4.69) is 48.5 Å². The second kappa shape index (κ2) is 6.89. The molecule has 2 atom stereocenters. The lowest BCUT2D eigenvalue weighted by Gasteiger charge is -2.41. The molecule has 1 aliphatic rings. The molecule has 1 heterocycles. The lowest BCUT2D eigenvalue weighted by Crippen LogP contribution is -2.46. The fraction of sp³-hybridized carbons (Fsp3) is 0.208. The molecule has 2 unspecified atom stereocenters. The number of rotatable bonds is 4. The van der Waals surface area contributed by atoms with Gasteiger partial charge in [0, 0.05) is 11.1 Å². The van der Waals surface area contributed by atoms with Gasteiger partial charge in [-0.1, -0.05) is 91.9 Å². The minimum absolute atomic E-state index is 0.493. The van der Waals surface area contributed by atoms with Crippen molar-refractivity contribution in [2.75, 3.05) is 6.54 Å². The molecule has 0 amide bonds. The van der Waals surface area contributed by atoms with Crippen molar-refractivity contribution in [2.24, 2.45) is 4.99 Å². The van der Waals surface area contributed by atoms with E-state index in [0.717, 1.165) is 28.0 Å². The van der Waals surface area contributed by atoms with Gasteiger partial charge >= 0.3 is 0 Å². The number of aliphatic imine (C=N–C) groups is 1. The molecule has 26 heavy (non-hydrogen) atoms. The van der Waals surface area contributed by atoms with Crippen LogP contribution in [0.5, 0.6) is 0 Å². The SMILES string of the molecule is CCC(O)C1(c2ccccc2)CN=C(c2ccccc2)c2ccccc21. The van der Waals surface area contributed by atoms with Gasteiger partial charge in [0.15, 0.2) is 0 Å². The molecule has 3 aromatic rings. The second-order valence-corrected chi connectivity index (χ2v) is 6.84. The number of aliphatic hydroxyl groups is 1. The van der Waals surface area contributed by atoms with E-state index >= 15 is 0 Å². The first-order valence-electron chi connectivity index (χ1n) is 9.20. The summed E-state index contributed by atoms with van der Waals surface area (Å²) in [5, 5.41) is 11.1. The molecule has 1 aliphatic heterocycles. The Bertz CT molecular complexity index is 917. The molecule has 0 spiro atoms. The Morgan fingerprint density at radius 3 is 2.19 bits per heavy atom. The maximum Gasteiger partial charge on any atom is 0.0722 e. The van der Waals surface area contributed by atoms with E-state index in [9.17, 15) is 5.11 Å². The molecule has 0 radical (unpaired) electrons. The zero-order valence-electron chi connectivity index (χ0n) is 15.0. The highest BCUT2D eigenvalue weighted by Gasteiger charge is 2.44. The third-order valence-electron chi connectivity index (χ3n) is 5.44. The Morgan fingerprint density at radius 1 is 0.885 bits per heavy atom. The van der Waals surface area contributed by atoms with Crippen LogP contribution in [0.15, 0.2) is 89.9 Å². The Hall–Kier alpha value is -2.71. The molecular formula is C24H23NO. The predicted molar refractivity (Wildman–Crippen MR) is 107 cm³/mol. The van der Waals surface area contributed by atoms with Crippen molar-refractivity contribution in [3.05, 3.63) is 107 Å². The number of benzene rings is 3. The molecule has 0 saturated carbocycles. The maximum atomic E-state index is 11.1. The maximum absolute atomic E-state index is 11.1. The summed E-state index contributed by atoms with van der Waals surface area (Å²) in [5.41, 5.74) is 5.02. The quantitative estimate of drug-likeness (QED) is 0.739. The molecular weight excluding hydrogens is 318 g/mol. The minimum Gasteiger partial charge on any atom is -0.392 e. The highest BCUT2D eigenvalue weighted by molar-refractivity contribution is 6.14. The monoisotopic (exact) mass is 341 g/mol. The summed E-state index contributed by atoms with van der Waals surface area (Å²) in [6.07, 6.45) is 0.187. The van der Waals surface area contributed by atoms with Crippen molar-refractivity contribution in [1.29, 1.82) is 0 Å². The first-order chi connectivity index (χ1) is 12.8. The summed E-state index contributed by atoms with van der Waals surface area (Å²) in [5.74, 6) is 0. The molecule has 0 bridgehead atoms. The van der Waals surface area contributed by atoms with Crippen molar-refractivity contribution < 1.29 is 5.11 Å². The molecule has 3 aromatic carbocycles. The summed E-state index contributed by atoms with van der Waals surface area (Å²) in [7, 11) is 0. The van der Waals surface area contributed by atoms with Crippen LogP contribution in [0.4, 0.5) is 0 Å². The molecule has 130 valence electrons. The normalized spacial score (nSPS) is 20.2. The van der Waals surface area contributed by atoms with Gasteiger partial charge in [-0.3, -0.25) is 4.99 Å². The van der Waals surface area contributed by atoms with Crippen molar-refractivity contribution >= 4 is 5.71 Å². The van der Waals surface area contributed by atoms with Crippen LogP contribution >= 0.6 is 0 Å². The summed E-state index contributed by atoms with van der Waals surface area (Å²) in [6, 6.07) is 29.0. The summed E-state index contributed by atoms with van der Waals surface area (Å²) >= 11 is 0. The van der Waals surface area contributed by atoms with E-state index in [-0.39, 0.29) is 0 Å². The van der Waals surface area contributed by atoms with E-state index in [1.165, 1.54) is 0 Å². The first kappa shape index (κ1) is 16.7. The largest absolute Gasteiger partial charge is 0.392 e. The van der Waals surface area contributed by atoms with Crippen LogP contribution in [0.3, 0.4) is 0 Å². The molecule has 0 saturated heterocycles. The van der Waals surface area contributed by atoms with Crippen LogP contribution in [0.2, 0.25) is 0 Å². The van der Waals surface area contributed by atoms with Crippen LogP contribution in [0.1, 0.15) is 35.6 Å². The summed E-state index contributed by atoms with van der Waals surface area (Å²) < 4.78 is 0. The number of hydrogen-bond donors (Lipinski definition) is 1. The predicted octanol–water partition coefficient (Wildman–Crippen LogP) is 4.59. The van der Waals surface area contributed by atoms with Gasteiger partial charge in [-0.25, -0.2) is 0 Å². The zero-order chi connectivity index (χ0) is 18.0. The fourth-order valence-corrected chi connectivity index (χ4v) is 4.10. The number of nitrogens with zero attached hydrogens (tertiary/aromatic N) is 1. The van der Waals surface area contributed by atoms with Crippen molar-refractivity contribution in [3.8, 4) is 0 Å². The molecule has 4 rings (SSSR count). The van der Waals surface area contributed by atoms with Crippen LogP contribution in [0.25, 0.3) is 0 Å². The van der Waals surface area contributed by atoms with E-state index in [1.807, 2.05) is 43.3 Å². The van der Waals surface area contributed by atoms with Gasteiger partial charge in [0.25, 0.3) is 0 Å². The molecule has 2 heteroatoms. The van der Waals surface area contributed by atoms with Gasteiger partial charge in [0.2, 0.25) is 0 Å². The van der Waals surface area contributed by atoms with Crippen LogP contribution in [-0.4, -0.2) is 23.5 Å². The Kier molecular flexibility index (Phi) is 4.44. The van der Waals surface area contributed by atoms with Crippen molar-refractivity contribution in [1.82, 2.24) is 0 Å².